The third kappa shape index (κ3) is 3.66. The highest BCUT2D eigenvalue weighted by Crippen LogP contribution is 2.42. The Kier molecular flexibility index (Phi) is 5.17. The van der Waals surface area contributed by atoms with Crippen LogP contribution < -0.4 is 10.2 Å². The Bertz CT molecular complexity index is 1020. The van der Waals surface area contributed by atoms with Crippen molar-refractivity contribution in [2.24, 2.45) is 0 Å². The van der Waals surface area contributed by atoms with Crippen molar-refractivity contribution < 1.29 is 9.59 Å². The number of rotatable bonds is 4. The Labute approximate surface area is 168 Å². The molecule has 0 aromatic heterocycles. The lowest BCUT2D eigenvalue weighted by Gasteiger charge is -2.24. The van der Waals surface area contributed by atoms with Gasteiger partial charge in [0.1, 0.15) is 5.37 Å². The zero-order valence-electron chi connectivity index (χ0n) is 15.5. The summed E-state index contributed by atoms with van der Waals surface area (Å²) in [5, 5.41) is 2.87. The molecule has 28 heavy (non-hydrogen) atoms. The molecule has 0 aliphatic carbocycles. The first-order chi connectivity index (χ1) is 13.6. The van der Waals surface area contributed by atoms with Crippen LogP contribution in [-0.4, -0.2) is 17.6 Å². The normalized spacial score (nSPS) is 16.2. The second-order valence-electron chi connectivity index (χ2n) is 6.66. The van der Waals surface area contributed by atoms with Crippen LogP contribution in [0.3, 0.4) is 0 Å². The van der Waals surface area contributed by atoms with Crippen LogP contribution in [0.1, 0.15) is 26.9 Å². The van der Waals surface area contributed by atoms with Crippen molar-refractivity contribution in [3.8, 4) is 0 Å². The smallest absolute Gasteiger partial charge is 0.255 e. The van der Waals surface area contributed by atoms with E-state index < -0.39 is 0 Å². The van der Waals surface area contributed by atoms with Crippen molar-refractivity contribution in [2.75, 3.05) is 16.0 Å². The fourth-order valence-electron chi connectivity index (χ4n) is 3.33. The van der Waals surface area contributed by atoms with Crippen LogP contribution in [0.2, 0.25) is 0 Å². The lowest BCUT2D eigenvalue weighted by Crippen LogP contribution is -2.27. The number of amides is 2. The van der Waals surface area contributed by atoms with Gasteiger partial charge in [-0.1, -0.05) is 48.5 Å². The van der Waals surface area contributed by atoms with Crippen LogP contribution in [0, 0.1) is 6.92 Å². The summed E-state index contributed by atoms with van der Waals surface area (Å²) < 4.78 is 0. The molecule has 1 aliphatic heterocycles. The highest BCUT2D eigenvalue weighted by Gasteiger charge is 2.34. The molecule has 1 atom stereocenters. The number of benzene rings is 3. The average Bonchev–Trinajstić information content (AvgIpc) is 3.10. The Morgan fingerprint density at radius 2 is 1.75 bits per heavy atom. The van der Waals surface area contributed by atoms with Gasteiger partial charge in [0.15, 0.2) is 0 Å². The van der Waals surface area contributed by atoms with E-state index in [1.54, 1.807) is 11.8 Å². The maximum atomic E-state index is 12.6. The summed E-state index contributed by atoms with van der Waals surface area (Å²) in [6.07, 6.45) is 0. The number of nitrogens with zero attached hydrogens (tertiary/aromatic N) is 1. The minimum Gasteiger partial charge on any atom is -0.322 e. The minimum absolute atomic E-state index is 0.0931. The van der Waals surface area contributed by atoms with Crippen LogP contribution in [-0.2, 0) is 4.79 Å². The first kappa shape index (κ1) is 18.3. The van der Waals surface area contributed by atoms with E-state index >= 15 is 0 Å². The maximum absolute atomic E-state index is 12.6. The molecule has 4 rings (SSSR count). The van der Waals surface area contributed by atoms with Crippen LogP contribution in [0.5, 0.6) is 0 Å². The monoisotopic (exact) mass is 388 g/mol. The maximum Gasteiger partial charge on any atom is 0.255 e. The molecule has 1 saturated heterocycles. The molecule has 1 heterocycles. The molecule has 1 unspecified atom stereocenters. The van der Waals surface area contributed by atoms with E-state index in [9.17, 15) is 9.59 Å². The third-order valence-corrected chi connectivity index (χ3v) is 5.93. The van der Waals surface area contributed by atoms with Gasteiger partial charge in [0.05, 0.1) is 5.75 Å². The van der Waals surface area contributed by atoms with E-state index in [2.05, 4.69) is 5.32 Å². The molecule has 1 N–H and O–H groups in total. The first-order valence-corrected chi connectivity index (χ1v) is 10.1. The number of carbonyl (C=O) groups is 2. The van der Waals surface area contributed by atoms with E-state index in [0.717, 1.165) is 22.5 Å². The molecular weight excluding hydrogens is 368 g/mol. The number of hydrogen-bond donors (Lipinski definition) is 1. The van der Waals surface area contributed by atoms with Gasteiger partial charge in [-0.15, -0.1) is 11.8 Å². The molecule has 1 fully saturated rings. The number of anilines is 2. The zero-order valence-corrected chi connectivity index (χ0v) is 16.3. The molecule has 3 aromatic carbocycles. The number of hydrogen-bond acceptors (Lipinski definition) is 3. The number of carbonyl (C=O) groups excluding carboxylic acids is 2. The summed E-state index contributed by atoms with van der Waals surface area (Å²) in [7, 11) is 0. The summed E-state index contributed by atoms with van der Waals surface area (Å²) in [5.74, 6) is 0.403. The van der Waals surface area contributed by atoms with Gasteiger partial charge in [0.25, 0.3) is 5.91 Å². The topological polar surface area (TPSA) is 49.4 Å². The largest absolute Gasteiger partial charge is 0.322 e. The van der Waals surface area contributed by atoms with Crippen molar-refractivity contribution in [3.63, 3.8) is 0 Å². The molecule has 0 spiro atoms. The summed E-state index contributed by atoms with van der Waals surface area (Å²) in [6.45, 7) is 1.92. The van der Waals surface area contributed by atoms with Crippen molar-refractivity contribution in [1.29, 1.82) is 0 Å². The van der Waals surface area contributed by atoms with Crippen LogP contribution >= 0.6 is 11.8 Å². The van der Waals surface area contributed by atoms with Gasteiger partial charge in [-0.3, -0.25) is 14.5 Å². The van der Waals surface area contributed by atoms with Gasteiger partial charge in [0.2, 0.25) is 5.91 Å². The summed E-state index contributed by atoms with van der Waals surface area (Å²) in [6, 6.07) is 24.9. The summed E-state index contributed by atoms with van der Waals surface area (Å²) in [5.41, 5.74) is 4.19. The Morgan fingerprint density at radius 3 is 2.54 bits per heavy atom. The fraction of sp³-hybridized carbons (Fsp3) is 0.130. The standard InChI is InChI=1S/C23H20N2O2S/c1-16-8-5-6-13-20(16)22(27)24-18-10-7-9-17(14-18)23-25(21(26)15-28-23)19-11-3-2-4-12-19/h2-14,23H,15H2,1H3,(H,24,27). The molecule has 140 valence electrons. The van der Waals surface area contributed by atoms with Crippen molar-refractivity contribution in [3.05, 3.63) is 95.6 Å². The number of thioether (sulfide) groups is 1. The van der Waals surface area contributed by atoms with Gasteiger partial charge in [-0.05, 0) is 48.4 Å². The summed E-state index contributed by atoms with van der Waals surface area (Å²) >= 11 is 1.60. The van der Waals surface area contributed by atoms with Gasteiger partial charge < -0.3 is 5.32 Å². The third-order valence-electron chi connectivity index (χ3n) is 4.72. The van der Waals surface area contributed by atoms with Crippen molar-refractivity contribution >= 4 is 35.0 Å². The van der Waals surface area contributed by atoms with Gasteiger partial charge in [-0.2, -0.15) is 0 Å². The lowest BCUT2D eigenvalue weighted by atomic mass is 10.1. The summed E-state index contributed by atoms with van der Waals surface area (Å²) in [4.78, 5) is 26.9. The predicted octanol–water partition coefficient (Wildman–Crippen LogP) is 5.03. The Hall–Kier alpha value is -3.05. The molecule has 2 amide bonds. The molecule has 1 aliphatic rings. The SMILES string of the molecule is Cc1ccccc1C(=O)Nc1cccc(C2SCC(=O)N2c2ccccc2)c1. The first-order valence-electron chi connectivity index (χ1n) is 9.09. The average molecular weight is 388 g/mol. The van der Waals surface area contributed by atoms with Gasteiger partial charge in [0, 0.05) is 16.9 Å². The second-order valence-corrected chi connectivity index (χ2v) is 7.73. The van der Waals surface area contributed by atoms with E-state index in [0.29, 0.717) is 11.3 Å². The van der Waals surface area contributed by atoms with Crippen LogP contribution in [0.4, 0.5) is 11.4 Å². The van der Waals surface area contributed by atoms with E-state index in [1.807, 2.05) is 90.7 Å². The zero-order chi connectivity index (χ0) is 19.5. The molecule has 5 heteroatoms. The molecule has 4 nitrogen and oxygen atoms in total. The Balaban J connectivity index is 1.59. The highest BCUT2D eigenvalue weighted by molar-refractivity contribution is 8.00. The van der Waals surface area contributed by atoms with Crippen molar-refractivity contribution in [2.45, 2.75) is 12.3 Å². The minimum atomic E-state index is -0.134. The molecule has 0 bridgehead atoms. The lowest BCUT2D eigenvalue weighted by molar-refractivity contribution is -0.115. The molecular formula is C23H20N2O2S. The van der Waals surface area contributed by atoms with Crippen LogP contribution in [0.25, 0.3) is 0 Å². The quantitative estimate of drug-likeness (QED) is 0.682. The number of nitrogens with one attached hydrogen (secondary N) is 1. The van der Waals surface area contributed by atoms with Gasteiger partial charge in [-0.25, -0.2) is 0 Å². The van der Waals surface area contributed by atoms with E-state index in [-0.39, 0.29) is 17.2 Å². The van der Waals surface area contributed by atoms with Gasteiger partial charge >= 0.3 is 0 Å². The second kappa shape index (κ2) is 7.90. The molecule has 3 aromatic rings. The molecule has 0 saturated carbocycles. The number of para-hydroxylation sites is 1. The highest BCUT2D eigenvalue weighted by atomic mass is 32.2. The van der Waals surface area contributed by atoms with E-state index in [1.165, 1.54) is 0 Å². The van der Waals surface area contributed by atoms with Crippen LogP contribution in [0.15, 0.2) is 78.9 Å². The fourth-order valence-corrected chi connectivity index (χ4v) is 4.50. The van der Waals surface area contributed by atoms with Crippen molar-refractivity contribution in [1.82, 2.24) is 0 Å². The predicted molar refractivity (Wildman–Crippen MR) is 115 cm³/mol. The molecule has 0 radical (unpaired) electrons. The Morgan fingerprint density at radius 1 is 1.00 bits per heavy atom. The van der Waals surface area contributed by atoms with E-state index in [4.69, 9.17) is 0 Å². The number of aryl methyl sites for hydroxylation is 1.